The molecule has 29 heavy (non-hydrogen) atoms. The van der Waals surface area contributed by atoms with Crippen LogP contribution >= 0.6 is 0 Å². The fraction of sp³-hybridized carbons (Fsp3) is 0.280. The van der Waals surface area contributed by atoms with E-state index in [4.69, 9.17) is 17.8 Å². The molecule has 0 radical (unpaired) electrons. The van der Waals surface area contributed by atoms with E-state index >= 15 is 0 Å². The quantitative estimate of drug-likeness (QED) is 0.404. The highest BCUT2D eigenvalue weighted by molar-refractivity contribution is 6.65. The van der Waals surface area contributed by atoms with E-state index in [9.17, 15) is 0 Å². The summed E-state index contributed by atoms with van der Waals surface area (Å²) in [6, 6.07) is 19.3. The summed E-state index contributed by atoms with van der Waals surface area (Å²) < 4.78 is 43.1. The van der Waals surface area contributed by atoms with Crippen molar-refractivity contribution in [2.75, 3.05) is 0 Å². The maximum absolute atomic E-state index is 8.08. The SMILES string of the molecule is [2H]C([2H])([2H])c1ccc(B2OC(C)(C)C(C)(C)O2)c2oc3cc(-c4ccccc4)ccc3c12. The number of fused-ring (bicyclic) bond motifs is 3. The van der Waals surface area contributed by atoms with Gasteiger partial charge in [0.05, 0.1) is 11.2 Å². The summed E-state index contributed by atoms with van der Waals surface area (Å²) in [5, 5.41) is 1.36. The van der Waals surface area contributed by atoms with E-state index in [2.05, 4.69) is 0 Å². The lowest BCUT2D eigenvalue weighted by atomic mass is 9.77. The van der Waals surface area contributed by atoms with Crippen LogP contribution in [0.2, 0.25) is 0 Å². The van der Waals surface area contributed by atoms with Crippen molar-refractivity contribution in [3.63, 3.8) is 0 Å². The first-order chi connectivity index (χ1) is 15.0. The van der Waals surface area contributed by atoms with Gasteiger partial charge in [-0.25, -0.2) is 0 Å². The zero-order chi connectivity index (χ0) is 22.9. The Morgan fingerprint density at radius 1 is 0.828 bits per heavy atom. The minimum Gasteiger partial charge on any atom is -0.456 e. The monoisotopic (exact) mass is 387 g/mol. The molecule has 1 aliphatic heterocycles. The fourth-order valence-corrected chi connectivity index (χ4v) is 3.87. The lowest BCUT2D eigenvalue weighted by Gasteiger charge is -2.32. The molecular weight excluding hydrogens is 359 g/mol. The predicted octanol–water partition coefficient (Wildman–Crippen LogP) is 5.86. The van der Waals surface area contributed by atoms with Crippen molar-refractivity contribution in [1.29, 1.82) is 0 Å². The van der Waals surface area contributed by atoms with Gasteiger partial charge in [0.15, 0.2) is 0 Å². The molecule has 1 fully saturated rings. The Morgan fingerprint density at radius 3 is 2.24 bits per heavy atom. The third kappa shape index (κ3) is 2.82. The molecule has 0 atom stereocenters. The molecule has 0 saturated carbocycles. The van der Waals surface area contributed by atoms with Crippen LogP contribution in [-0.2, 0) is 9.31 Å². The third-order valence-corrected chi connectivity index (χ3v) is 6.27. The van der Waals surface area contributed by atoms with Gasteiger partial charge < -0.3 is 13.7 Å². The first kappa shape index (κ1) is 15.3. The first-order valence-corrected chi connectivity index (χ1v) is 9.89. The van der Waals surface area contributed by atoms with Crippen LogP contribution in [0.4, 0.5) is 0 Å². The molecule has 2 heterocycles. The van der Waals surface area contributed by atoms with E-state index in [1.165, 1.54) is 0 Å². The van der Waals surface area contributed by atoms with Gasteiger partial charge in [0, 0.05) is 20.3 Å². The molecule has 3 nitrogen and oxygen atoms in total. The maximum Gasteiger partial charge on any atom is 0.498 e. The van der Waals surface area contributed by atoms with Gasteiger partial charge in [0.25, 0.3) is 0 Å². The van der Waals surface area contributed by atoms with E-state index < -0.39 is 25.2 Å². The van der Waals surface area contributed by atoms with E-state index in [0.29, 0.717) is 22.0 Å². The molecule has 0 unspecified atom stereocenters. The Balaban J connectivity index is 1.75. The molecule has 0 N–H and O–H groups in total. The molecule has 0 aliphatic carbocycles. The van der Waals surface area contributed by atoms with Crippen LogP contribution in [0, 0.1) is 6.85 Å². The van der Waals surface area contributed by atoms with Crippen molar-refractivity contribution in [1.82, 2.24) is 0 Å². The summed E-state index contributed by atoms with van der Waals surface area (Å²) in [5.74, 6) is 0. The van der Waals surface area contributed by atoms with Gasteiger partial charge in [0.1, 0.15) is 11.2 Å². The second-order valence-electron chi connectivity index (χ2n) is 8.67. The molecular formula is C25H25BO3. The highest BCUT2D eigenvalue weighted by Gasteiger charge is 2.52. The molecule has 1 aliphatic rings. The molecule has 0 amide bonds. The van der Waals surface area contributed by atoms with Gasteiger partial charge in [-0.15, -0.1) is 0 Å². The molecule has 146 valence electrons. The molecule has 5 rings (SSSR count). The summed E-state index contributed by atoms with van der Waals surface area (Å²) in [4.78, 5) is 0. The van der Waals surface area contributed by atoms with Crippen molar-refractivity contribution in [3.8, 4) is 11.1 Å². The molecule has 0 spiro atoms. The number of benzene rings is 3. The largest absolute Gasteiger partial charge is 0.498 e. The van der Waals surface area contributed by atoms with Crippen LogP contribution in [0.5, 0.6) is 0 Å². The Kier molecular flexibility index (Phi) is 3.28. The molecule has 0 bridgehead atoms. The Bertz CT molecular complexity index is 1310. The van der Waals surface area contributed by atoms with E-state index in [0.717, 1.165) is 16.5 Å². The number of hydrogen-bond acceptors (Lipinski definition) is 3. The van der Waals surface area contributed by atoms with Crippen molar-refractivity contribution in [2.24, 2.45) is 0 Å². The summed E-state index contributed by atoms with van der Waals surface area (Å²) in [7, 11) is -0.651. The summed E-state index contributed by atoms with van der Waals surface area (Å²) >= 11 is 0. The fourth-order valence-electron chi connectivity index (χ4n) is 3.87. The summed E-state index contributed by atoms with van der Waals surface area (Å²) in [5.41, 5.74) is 3.14. The minimum atomic E-state index is -2.28. The van der Waals surface area contributed by atoms with Crippen molar-refractivity contribution in [3.05, 3.63) is 66.2 Å². The van der Waals surface area contributed by atoms with Gasteiger partial charge in [-0.05, 0) is 63.4 Å². The van der Waals surface area contributed by atoms with Gasteiger partial charge in [-0.2, -0.15) is 0 Å². The molecule has 3 aromatic carbocycles. The van der Waals surface area contributed by atoms with E-state index in [-0.39, 0.29) is 5.56 Å². The number of furan rings is 1. The minimum absolute atomic E-state index is 0.263. The van der Waals surface area contributed by atoms with Gasteiger partial charge >= 0.3 is 7.12 Å². The summed E-state index contributed by atoms with van der Waals surface area (Å²) in [6.45, 7) is 5.69. The normalized spacial score (nSPS) is 20.0. The summed E-state index contributed by atoms with van der Waals surface area (Å²) in [6.07, 6.45) is 0. The Hall–Kier alpha value is -2.56. The topological polar surface area (TPSA) is 31.6 Å². The molecule has 4 heteroatoms. The van der Waals surface area contributed by atoms with Crippen molar-refractivity contribution >= 4 is 34.5 Å². The molecule has 1 saturated heterocycles. The average Bonchev–Trinajstić information content (AvgIpc) is 3.20. The van der Waals surface area contributed by atoms with E-state index in [1.54, 1.807) is 12.1 Å². The van der Waals surface area contributed by atoms with Crippen LogP contribution in [0.25, 0.3) is 33.1 Å². The average molecular weight is 387 g/mol. The number of aryl methyl sites for hydroxylation is 1. The first-order valence-electron chi connectivity index (χ1n) is 11.4. The third-order valence-electron chi connectivity index (χ3n) is 6.27. The predicted molar refractivity (Wildman–Crippen MR) is 120 cm³/mol. The van der Waals surface area contributed by atoms with Crippen LogP contribution in [-0.4, -0.2) is 18.3 Å². The maximum atomic E-state index is 8.08. The Labute approximate surface area is 176 Å². The molecule has 4 aromatic rings. The second-order valence-corrected chi connectivity index (χ2v) is 8.67. The van der Waals surface area contributed by atoms with Crippen LogP contribution in [0.1, 0.15) is 37.4 Å². The standard InChI is InChI=1S/C25H25BO3/c1-16-11-14-20(26-28-24(2,3)25(4,5)29-26)23-22(16)19-13-12-18(15-21(19)27-23)17-9-7-6-8-10-17/h6-15H,1-5H3/i1D3. The van der Waals surface area contributed by atoms with Crippen LogP contribution in [0.3, 0.4) is 0 Å². The lowest BCUT2D eigenvalue weighted by molar-refractivity contribution is 0.00578. The lowest BCUT2D eigenvalue weighted by Crippen LogP contribution is -2.41. The van der Waals surface area contributed by atoms with Crippen molar-refractivity contribution in [2.45, 2.75) is 45.7 Å². The van der Waals surface area contributed by atoms with Gasteiger partial charge in [0.2, 0.25) is 0 Å². The van der Waals surface area contributed by atoms with E-state index in [1.807, 2.05) is 76.2 Å². The highest BCUT2D eigenvalue weighted by atomic mass is 16.7. The van der Waals surface area contributed by atoms with Gasteiger partial charge in [-0.1, -0.05) is 48.5 Å². The number of rotatable bonds is 2. The zero-order valence-electron chi connectivity index (χ0n) is 20.1. The smallest absolute Gasteiger partial charge is 0.456 e. The van der Waals surface area contributed by atoms with Crippen molar-refractivity contribution < 1.29 is 17.8 Å². The highest BCUT2D eigenvalue weighted by Crippen LogP contribution is 2.39. The zero-order valence-corrected chi connectivity index (χ0v) is 17.1. The Morgan fingerprint density at radius 2 is 1.55 bits per heavy atom. The second kappa shape index (κ2) is 6.22. The van der Waals surface area contributed by atoms with Crippen LogP contribution in [0.15, 0.2) is 65.1 Å². The van der Waals surface area contributed by atoms with Crippen LogP contribution < -0.4 is 5.46 Å². The molecule has 1 aromatic heterocycles. The van der Waals surface area contributed by atoms with Gasteiger partial charge in [-0.3, -0.25) is 0 Å². The number of hydrogen-bond donors (Lipinski definition) is 0.